The van der Waals surface area contributed by atoms with Crippen LogP contribution in [0.3, 0.4) is 0 Å². The van der Waals surface area contributed by atoms with Crippen molar-refractivity contribution in [3.63, 3.8) is 0 Å². The zero-order chi connectivity index (χ0) is 37.7. The number of fused-ring (bicyclic) bond motifs is 7. The first-order chi connectivity index (χ1) is 28.3. The van der Waals surface area contributed by atoms with Gasteiger partial charge in [0, 0.05) is 61.6 Å². The van der Waals surface area contributed by atoms with Gasteiger partial charge >= 0.3 is 0 Å². The Morgan fingerprint density at radius 3 is 1.77 bits per heavy atom. The van der Waals surface area contributed by atoms with E-state index in [1.807, 2.05) is 36.7 Å². The molecule has 0 bridgehead atoms. The van der Waals surface area contributed by atoms with Crippen molar-refractivity contribution in [1.82, 2.24) is 24.5 Å². The van der Waals surface area contributed by atoms with Crippen molar-refractivity contribution >= 4 is 43.5 Å². The molecule has 0 saturated carbocycles. The summed E-state index contributed by atoms with van der Waals surface area (Å²) in [5.41, 5.74) is 13.9. The zero-order valence-corrected chi connectivity index (χ0v) is 30.8. The van der Waals surface area contributed by atoms with Crippen molar-refractivity contribution in [2.24, 2.45) is 0 Å². The smallest absolute Gasteiger partial charge is 0.0914 e. The summed E-state index contributed by atoms with van der Waals surface area (Å²) in [6.07, 6.45) is 3.77. The molecule has 5 aromatic heterocycles. The summed E-state index contributed by atoms with van der Waals surface area (Å²) in [5.74, 6) is 0. The van der Waals surface area contributed by atoms with Crippen molar-refractivity contribution < 1.29 is 0 Å². The number of hydrogen-bond donors (Lipinski definition) is 0. The molecule has 0 aliphatic carbocycles. The van der Waals surface area contributed by atoms with Crippen LogP contribution in [0.15, 0.2) is 200 Å². The maximum Gasteiger partial charge on any atom is 0.0914 e. The Bertz CT molecular complexity index is 3150. The topological polar surface area (TPSA) is 56.5 Å². The summed E-state index contributed by atoms with van der Waals surface area (Å²) in [4.78, 5) is 20.2. The molecule has 266 valence electrons. The molecule has 5 nitrogen and oxygen atoms in total. The second-order valence-electron chi connectivity index (χ2n) is 14.3. The fraction of sp³-hybridized carbons (Fsp3) is 0. The molecule has 11 rings (SSSR count). The highest BCUT2D eigenvalue weighted by molar-refractivity contribution is 6.27. The van der Waals surface area contributed by atoms with Crippen LogP contribution in [-0.2, 0) is 0 Å². The maximum absolute atomic E-state index is 5.31. The number of nitrogens with zero attached hydrogens (tertiary/aromatic N) is 5. The van der Waals surface area contributed by atoms with E-state index in [-0.39, 0.29) is 0 Å². The molecule has 0 atom stereocenters. The number of benzene rings is 6. The van der Waals surface area contributed by atoms with Gasteiger partial charge in [-0.15, -0.1) is 0 Å². The van der Waals surface area contributed by atoms with Gasteiger partial charge in [-0.05, 0) is 48.0 Å². The van der Waals surface area contributed by atoms with E-state index in [1.165, 1.54) is 10.8 Å². The van der Waals surface area contributed by atoms with Gasteiger partial charge in [0.2, 0.25) is 0 Å². The van der Waals surface area contributed by atoms with E-state index in [0.29, 0.717) is 0 Å². The molecule has 0 unspecified atom stereocenters. The molecule has 5 heteroatoms. The van der Waals surface area contributed by atoms with E-state index < -0.39 is 0 Å². The summed E-state index contributed by atoms with van der Waals surface area (Å²) in [5, 5.41) is 5.74. The molecule has 0 N–H and O–H groups in total. The first kappa shape index (κ1) is 32.7. The quantitative estimate of drug-likeness (QED) is 0.160. The van der Waals surface area contributed by atoms with Crippen LogP contribution in [-0.4, -0.2) is 24.5 Å². The molecule has 0 aliphatic heterocycles. The Morgan fingerprint density at radius 1 is 0.368 bits per heavy atom. The van der Waals surface area contributed by atoms with E-state index in [0.717, 1.165) is 94.7 Å². The highest BCUT2D eigenvalue weighted by Crippen LogP contribution is 2.43. The lowest BCUT2D eigenvalue weighted by Crippen LogP contribution is -2.00. The van der Waals surface area contributed by atoms with Crippen molar-refractivity contribution in [2.75, 3.05) is 0 Å². The lowest BCUT2D eigenvalue weighted by molar-refractivity contribution is 1.15. The molecule has 6 aromatic carbocycles. The molecular formula is C52H33N5. The van der Waals surface area contributed by atoms with Gasteiger partial charge in [-0.25, -0.2) is 9.97 Å². The van der Waals surface area contributed by atoms with Gasteiger partial charge < -0.3 is 4.57 Å². The van der Waals surface area contributed by atoms with E-state index in [1.54, 1.807) is 0 Å². The maximum atomic E-state index is 5.31. The minimum Gasteiger partial charge on any atom is -0.308 e. The third-order valence-corrected chi connectivity index (χ3v) is 10.9. The predicted molar refractivity (Wildman–Crippen MR) is 234 cm³/mol. The molecular weight excluding hydrogens is 695 g/mol. The zero-order valence-electron chi connectivity index (χ0n) is 30.8. The van der Waals surface area contributed by atoms with Gasteiger partial charge in [-0.3, -0.25) is 9.97 Å². The first-order valence-electron chi connectivity index (χ1n) is 19.1. The summed E-state index contributed by atoms with van der Waals surface area (Å²) in [6.45, 7) is 0. The number of para-hydroxylation sites is 2. The predicted octanol–water partition coefficient (Wildman–Crippen LogP) is 13.0. The lowest BCUT2D eigenvalue weighted by Gasteiger charge is -2.16. The van der Waals surface area contributed by atoms with E-state index in [4.69, 9.17) is 15.0 Å². The van der Waals surface area contributed by atoms with E-state index in [2.05, 4.69) is 173 Å². The van der Waals surface area contributed by atoms with Crippen molar-refractivity contribution in [3.05, 3.63) is 200 Å². The standard InChI is InChI=1S/C52H33N5/c1-3-13-34(14-4-1)38-26-29-46(54-33-38)48-32-39(31-47(55-48)36-24-22-35(23-25-36)44-19-11-12-30-53-44)57-49-21-10-8-17-40(49)41-27-28-43-50(52(41)57)42-18-7-9-20-45(42)56-51(43)37-15-5-2-6-16-37/h1-33H. The van der Waals surface area contributed by atoms with Gasteiger partial charge in [0.1, 0.15) is 0 Å². The molecule has 5 heterocycles. The van der Waals surface area contributed by atoms with Crippen LogP contribution < -0.4 is 0 Å². The molecule has 0 fully saturated rings. The molecule has 0 saturated heterocycles. The SMILES string of the molecule is c1ccc(-c2ccc(-c3cc(-n4c5ccccc5c5ccc6c(-c7ccccc7)nc7ccccc7c6c54)cc(-c4ccc(-c5ccccn5)cc4)n3)nc2)cc1. The Kier molecular flexibility index (Phi) is 7.74. The van der Waals surface area contributed by atoms with E-state index >= 15 is 0 Å². The lowest BCUT2D eigenvalue weighted by atomic mass is 9.97. The number of pyridine rings is 4. The second kappa shape index (κ2) is 13.5. The highest BCUT2D eigenvalue weighted by Gasteiger charge is 2.21. The highest BCUT2D eigenvalue weighted by atomic mass is 15.0. The monoisotopic (exact) mass is 727 g/mol. The van der Waals surface area contributed by atoms with Gasteiger partial charge in [0.05, 0.1) is 50.7 Å². The molecule has 0 spiro atoms. The molecule has 0 radical (unpaired) electrons. The van der Waals surface area contributed by atoms with Crippen molar-refractivity contribution in [3.8, 4) is 62.0 Å². The fourth-order valence-electron chi connectivity index (χ4n) is 8.19. The Labute approximate surface area is 329 Å². The first-order valence-corrected chi connectivity index (χ1v) is 19.1. The Morgan fingerprint density at radius 2 is 1.02 bits per heavy atom. The van der Waals surface area contributed by atoms with Crippen LogP contribution in [0.25, 0.3) is 105 Å². The normalized spacial score (nSPS) is 11.5. The van der Waals surface area contributed by atoms with Gasteiger partial charge in [0.25, 0.3) is 0 Å². The van der Waals surface area contributed by atoms with E-state index in [9.17, 15) is 0 Å². The van der Waals surface area contributed by atoms with Crippen molar-refractivity contribution in [1.29, 1.82) is 0 Å². The summed E-state index contributed by atoms with van der Waals surface area (Å²) >= 11 is 0. The summed E-state index contributed by atoms with van der Waals surface area (Å²) in [6, 6.07) is 65.7. The number of hydrogen-bond acceptors (Lipinski definition) is 4. The van der Waals surface area contributed by atoms with Crippen LogP contribution in [0, 0.1) is 0 Å². The Hall–Kier alpha value is -7.76. The van der Waals surface area contributed by atoms with Crippen LogP contribution in [0.1, 0.15) is 0 Å². The largest absolute Gasteiger partial charge is 0.308 e. The van der Waals surface area contributed by atoms with Crippen LogP contribution in [0.4, 0.5) is 0 Å². The third-order valence-electron chi connectivity index (χ3n) is 10.9. The Balaban J connectivity index is 1.20. The second-order valence-corrected chi connectivity index (χ2v) is 14.3. The van der Waals surface area contributed by atoms with Crippen LogP contribution >= 0.6 is 0 Å². The fourth-order valence-corrected chi connectivity index (χ4v) is 8.19. The molecule has 0 aliphatic rings. The average Bonchev–Trinajstić information content (AvgIpc) is 3.64. The van der Waals surface area contributed by atoms with Gasteiger partial charge in [-0.2, -0.15) is 0 Å². The minimum atomic E-state index is 0.790. The summed E-state index contributed by atoms with van der Waals surface area (Å²) in [7, 11) is 0. The van der Waals surface area contributed by atoms with Crippen molar-refractivity contribution in [2.45, 2.75) is 0 Å². The molecule has 11 aromatic rings. The molecule has 0 amide bonds. The number of aromatic nitrogens is 5. The van der Waals surface area contributed by atoms with Gasteiger partial charge in [-0.1, -0.05) is 146 Å². The average molecular weight is 728 g/mol. The third kappa shape index (κ3) is 5.64. The van der Waals surface area contributed by atoms with Crippen LogP contribution in [0.5, 0.6) is 0 Å². The number of rotatable bonds is 6. The molecule has 57 heavy (non-hydrogen) atoms. The van der Waals surface area contributed by atoms with Crippen LogP contribution in [0.2, 0.25) is 0 Å². The summed E-state index contributed by atoms with van der Waals surface area (Å²) < 4.78 is 2.42. The van der Waals surface area contributed by atoms with Gasteiger partial charge in [0.15, 0.2) is 0 Å². The minimum absolute atomic E-state index is 0.790.